The first-order valence-corrected chi connectivity index (χ1v) is 9.82. The molecular formula is C17H18N2O4S2. The number of fused-ring (bicyclic) bond motifs is 1. The normalized spacial score (nSPS) is 13.0. The summed E-state index contributed by atoms with van der Waals surface area (Å²) in [5, 5.41) is 8.94. The molecule has 1 aliphatic rings. The highest BCUT2D eigenvalue weighted by molar-refractivity contribution is 7.14. The van der Waals surface area contributed by atoms with E-state index in [4.69, 9.17) is 4.74 Å². The number of aryl methyl sites for hydroxylation is 1. The van der Waals surface area contributed by atoms with Crippen molar-refractivity contribution in [2.75, 3.05) is 11.9 Å². The van der Waals surface area contributed by atoms with Crippen LogP contribution in [0, 0.1) is 0 Å². The van der Waals surface area contributed by atoms with Crippen LogP contribution in [0.3, 0.4) is 0 Å². The van der Waals surface area contributed by atoms with Gasteiger partial charge in [0.25, 0.3) is 11.8 Å². The van der Waals surface area contributed by atoms with Crippen LogP contribution in [-0.2, 0) is 17.6 Å². The lowest BCUT2D eigenvalue weighted by atomic mass is 9.96. The maximum absolute atomic E-state index is 12.6. The van der Waals surface area contributed by atoms with Crippen LogP contribution in [-0.4, -0.2) is 24.5 Å². The maximum Gasteiger partial charge on any atom is 0.414 e. The van der Waals surface area contributed by atoms with Crippen LogP contribution in [0.1, 0.15) is 50.9 Å². The van der Waals surface area contributed by atoms with Gasteiger partial charge in [-0.1, -0.05) is 0 Å². The highest BCUT2D eigenvalue weighted by Crippen LogP contribution is 2.31. The molecule has 0 bridgehead atoms. The van der Waals surface area contributed by atoms with Gasteiger partial charge in [0.2, 0.25) is 0 Å². The molecule has 0 saturated heterocycles. The SMILES string of the molecule is CCOC(=O)NC(=O)c1ccsc1NC(=O)c1csc2c1CCCC2. The lowest BCUT2D eigenvalue weighted by molar-refractivity contribution is 0.0926. The number of thiophene rings is 2. The third-order valence-corrected chi connectivity index (χ3v) is 5.85. The molecule has 2 aromatic heterocycles. The number of carbonyl (C=O) groups is 3. The lowest BCUT2D eigenvalue weighted by Gasteiger charge is -2.12. The van der Waals surface area contributed by atoms with Crippen LogP contribution in [0.5, 0.6) is 0 Å². The molecule has 2 heterocycles. The van der Waals surface area contributed by atoms with Crippen LogP contribution >= 0.6 is 22.7 Å². The Bertz CT molecular complexity index is 809. The number of alkyl carbamates (subject to hydrolysis) is 1. The summed E-state index contributed by atoms with van der Waals surface area (Å²) in [7, 11) is 0. The van der Waals surface area contributed by atoms with E-state index in [9.17, 15) is 14.4 Å². The van der Waals surface area contributed by atoms with Crippen molar-refractivity contribution >= 4 is 45.6 Å². The molecule has 0 unspecified atom stereocenters. The van der Waals surface area contributed by atoms with Gasteiger partial charge in [0.15, 0.2) is 0 Å². The molecule has 3 amide bonds. The minimum absolute atomic E-state index is 0.176. The number of ether oxygens (including phenoxy) is 1. The van der Waals surface area contributed by atoms with Crippen molar-refractivity contribution in [3.63, 3.8) is 0 Å². The van der Waals surface area contributed by atoms with Gasteiger partial charge in [-0.15, -0.1) is 22.7 Å². The molecule has 8 heteroatoms. The van der Waals surface area contributed by atoms with Crippen molar-refractivity contribution in [2.45, 2.75) is 32.6 Å². The number of nitrogens with one attached hydrogen (secondary N) is 2. The third-order valence-electron chi connectivity index (χ3n) is 3.93. The van der Waals surface area contributed by atoms with Gasteiger partial charge < -0.3 is 10.1 Å². The van der Waals surface area contributed by atoms with E-state index in [0.29, 0.717) is 10.6 Å². The molecule has 0 radical (unpaired) electrons. The molecule has 0 spiro atoms. The summed E-state index contributed by atoms with van der Waals surface area (Å²) in [6, 6.07) is 1.57. The van der Waals surface area contributed by atoms with Crippen LogP contribution in [0.4, 0.5) is 9.80 Å². The van der Waals surface area contributed by atoms with Crippen molar-refractivity contribution < 1.29 is 19.1 Å². The first-order valence-electron chi connectivity index (χ1n) is 8.06. The Balaban J connectivity index is 1.73. The van der Waals surface area contributed by atoms with E-state index in [1.165, 1.54) is 16.2 Å². The van der Waals surface area contributed by atoms with Crippen molar-refractivity contribution in [3.05, 3.63) is 38.4 Å². The number of hydrogen-bond acceptors (Lipinski definition) is 6. The predicted molar refractivity (Wildman–Crippen MR) is 97.7 cm³/mol. The zero-order valence-electron chi connectivity index (χ0n) is 13.7. The number of anilines is 1. The summed E-state index contributed by atoms with van der Waals surface area (Å²) >= 11 is 2.86. The number of amides is 3. The summed E-state index contributed by atoms with van der Waals surface area (Å²) in [6.45, 7) is 1.83. The van der Waals surface area contributed by atoms with Gasteiger partial charge in [-0.25, -0.2) is 4.79 Å². The van der Waals surface area contributed by atoms with Crippen LogP contribution in [0.2, 0.25) is 0 Å². The van der Waals surface area contributed by atoms with Gasteiger partial charge in [-0.2, -0.15) is 0 Å². The Morgan fingerprint density at radius 3 is 2.72 bits per heavy atom. The average molecular weight is 378 g/mol. The highest BCUT2D eigenvalue weighted by atomic mass is 32.1. The second-order valence-electron chi connectivity index (χ2n) is 5.55. The Morgan fingerprint density at radius 2 is 1.92 bits per heavy atom. The average Bonchev–Trinajstić information content (AvgIpc) is 3.21. The number of rotatable bonds is 4. The number of hydrogen-bond donors (Lipinski definition) is 2. The highest BCUT2D eigenvalue weighted by Gasteiger charge is 2.22. The molecule has 132 valence electrons. The fourth-order valence-electron chi connectivity index (χ4n) is 2.77. The molecule has 25 heavy (non-hydrogen) atoms. The predicted octanol–water partition coefficient (Wildman–Crippen LogP) is 3.83. The van der Waals surface area contributed by atoms with Crippen LogP contribution in [0.15, 0.2) is 16.8 Å². The van der Waals surface area contributed by atoms with Gasteiger partial charge in [0.1, 0.15) is 5.00 Å². The summed E-state index contributed by atoms with van der Waals surface area (Å²) in [5.74, 6) is -0.811. The molecule has 0 aliphatic heterocycles. The van der Waals surface area contributed by atoms with Crippen molar-refractivity contribution in [3.8, 4) is 0 Å². The molecule has 1 aliphatic carbocycles. The molecular weight excluding hydrogens is 360 g/mol. The lowest BCUT2D eigenvalue weighted by Crippen LogP contribution is -2.31. The minimum atomic E-state index is -0.803. The summed E-state index contributed by atoms with van der Waals surface area (Å²) in [6.07, 6.45) is 3.40. The van der Waals surface area contributed by atoms with Crippen LogP contribution < -0.4 is 10.6 Å². The monoisotopic (exact) mass is 378 g/mol. The van der Waals surface area contributed by atoms with Gasteiger partial charge in [0, 0.05) is 10.3 Å². The number of imide groups is 1. The molecule has 0 aromatic carbocycles. The molecule has 2 aromatic rings. The van der Waals surface area contributed by atoms with Crippen molar-refractivity contribution in [1.82, 2.24) is 5.32 Å². The van der Waals surface area contributed by atoms with E-state index in [-0.39, 0.29) is 18.1 Å². The first kappa shape index (κ1) is 17.6. The molecule has 0 atom stereocenters. The summed E-state index contributed by atoms with van der Waals surface area (Å²) in [4.78, 5) is 37.5. The fourth-order valence-corrected chi connectivity index (χ4v) is 4.67. The fraction of sp³-hybridized carbons (Fsp3) is 0.353. The minimum Gasteiger partial charge on any atom is -0.450 e. The van der Waals surface area contributed by atoms with Gasteiger partial charge in [0.05, 0.1) is 17.7 Å². The molecule has 2 N–H and O–H groups in total. The standard InChI is InChI=1S/C17H18N2O4S2/c1-2-23-17(22)19-14(20)11-7-8-24-16(11)18-15(21)12-9-25-13-6-4-3-5-10(12)13/h7-9H,2-6H2,1H3,(H,18,21)(H,19,20,22). The van der Waals surface area contributed by atoms with Gasteiger partial charge in [-0.3, -0.25) is 14.9 Å². The smallest absolute Gasteiger partial charge is 0.414 e. The van der Waals surface area contributed by atoms with E-state index in [1.54, 1.807) is 29.7 Å². The van der Waals surface area contributed by atoms with Gasteiger partial charge in [-0.05, 0) is 49.6 Å². The zero-order valence-corrected chi connectivity index (χ0v) is 15.4. The van der Waals surface area contributed by atoms with E-state index in [0.717, 1.165) is 31.2 Å². The maximum atomic E-state index is 12.6. The largest absolute Gasteiger partial charge is 0.450 e. The molecule has 0 saturated carbocycles. The van der Waals surface area contributed by atoms with E-state index < -0.39 is 12.0 Å². The second-order valence-corrected chi connectivity index (χ2v) is 7.43. The number of carbonyl (C=O) groups excluding carboxylic acids is 3. The second kappa shape index (κ2) is 7.79. The Hall–Kier alpha value is -2.19. The van der Waals surface area contributed by atoms with Gasteiger partial charge >= 0.3 is 6.09 Å². The van der Waals surface area contributed by atoms with Crippen molar-refractivity contribution in [2.24, 2.45) is 0 Å². The van der Waals surface area contributed by atoms with Crippen LogP contribution in [0.25, 0.3) is 0 Å². The molecule has 0 fully saturated rings. The molecule has 6 nitrogen and oxygen atoms in total. The Morgan fingerprint density at radius 1 is 1.12 bits per heavy atom. The Kier molecular flexibility index (Phi) is 5.50. The summed E-state index contributed by atoms with van der Waals surface area (Å²) in [5.41, 5.74) is 2.06. The zero-order chi connectivity index (χ0) is 17.8. The topological polar surface area (TPSA) is 84.5 Å². The third kappa shape index (κ3) is 3.91. The van der Waals surface area contributed by atoms with E-state index in [1.807, 2.05) is 5.38 Å². The Labute approximate surface area is 153 Å². The quantitative estimate of drug-likeness (QED) is 0.847. The van der Waals surface area contributed by atoms with Crippen molar-refractivity contribution in [1.29, 1.82) is 0 Å². The van der Waals surface area contributed by atoms with E-state index >= 15 is 0 Å². The summed E-state index contributed by atoms with van der Waals surface area (Å²) < 4.78 is 4.70. The first-order chi connectivity index (χ1) is 12.1. The van der Waals surface area contributed by atoms with E-state index in [2.05, 4.69) is 10.6 Å². The molecule has 3 rings (SSSR count).